The number of esters is 2. The Morgan fingerprint density at radius 2 is 1.96 bits per heavy atom. The van der Waals surface area contributed by atoms with Crippen molar-refractivity contribution in [3.8, 4) is 0 Å². The molecule has 0 spiro atoms. The molecule has 0 radical (unpaired) electrons. The zero-order chi connectivity index (χ0) is 17.3. The molecule has 0 aromatic carbocycles. The fourth-order valence-corrected chi connectivity index (χ4v) is 3.62. The van der Waals surface area contributed by atoms with Crippen LogP contribution in [0.15, 0.2) is 0 Å². The maximum absolute atomic E-state index is 12.6. The van der Waals surface area contributed by atoms with Crippen LogP contribution in [0.4, 0.5) is 0 Å². The van der Waals surface area contributed by atoms with Crippen LogP contribution in [0, 0.1) is 17.3 Å². The minimum absolute atomic E-state index is 0.0904. The lowest BCUT2D eigenvalue weighted by atomic mass is 9.74. The third kappa shape index (κ3) is 3.89. The molecule has 1 aliphatic heterocycles. The molecule has 0 aromatic rings. The molecule has 1 saturated heterocycles. The zero-order valence-electron chi connectivity index (χ0n) is 15.3. The fraction of sp³-hybridized carbons (Fsp3) is 0.895. The van der Waals surface area contributed by atoms with Crippen molar-refractivity contribution in [3.63, 3.8) is 0 Å². The van der Waals surface area contributed by atoms with Crippen LogP contribution in [-0.4, -0.2) is 23.6 Å². The van der Waals surface area contributed by atoms with Crippen molar-refractivity contribution in [2.45, 2.75) is 91.3 Å². The molecule has 1 aliphatic carbocycles. The van der Waals surface area contributed by atoms with E-state index < -0.39 is 11.0 Å². The average molecular weight is 324 g/mol. The van der Waals surface area contributed by atoms with E-state index in [1.165, 1.54) is 0 Å². The number of hydrogen-bond donors (Lipinski definition) is 0. The molecule has 2 fully saturated rings. The van der Waals surface area contributed by atoms with E-state index in [0.29, 0.717) is 6.42 Å². The summed E-state index contributed by atoms with van der Waals surface area (Å²) in [7, 11) is 0. The van der Waals surface area contributed by atoms with Gasteiger partial charge in [0.05, 0.1) is 11.3 Å². The number of ether oxygens (including phenoxy) is 2. The summed E-state index contributed by atoms with van der Waals surface area (Å²) in [5, 5.41) is 0. The molecular weight excluding hydrogens is 292 g/mol. The molecule has 4 heteroatoms. The lowest BCUT2D eigenvalue weighted by Crippen LogP contribution is -2.40. The lowest BCUT2D eigenvalue weighted by molar-refractivity contribution is -0.166. The van der Waals surface area contributed by atoms with Crippen molar-refractivity contribution in [2.75, 3.05) is 0 Å². The SMILES string of the molecule is CCC1(C)CC(OC(=O)C(C)(C)CC)C2CCCCC2C(=O)O1. The fourth-order valence-electron chi connectivity index (χ4n) is 3.62. The van der Waals surface area contributed by atoms with Crippen LogP contribution in [0.2, 0.25) is 0 Å². The van der Waals surface area contributed by atoms with Gasteiger partial charge < -0.3 is 9.47 Å². The smallest absolute Gasteiger partial charge is 0.311 e. The monoisotopic (exact) mass is 324 g/mol. The third-order valence-electron chi connectivity index (χ3n) is 6.02. The molecule has 4 unspecified atom stereocenters. The van der Waals surface area contributed by atoms with Gasteiger partial charge >= 0.3 is 11.9 Å². The summed E-state index contributed by atoms with van der Waals surface area (Å²) in [5.41, 5.74) is -1.01. The van der Waals surface area contributed by atoms with Gasteiger partial charge in [0, 0.05) is 12.3 Å². The van der Waals surface area contributed by atoms with Crippen LogP contribution in [0.1, 0.15) is 79.6 Å². The van der Waals surface area contributed by atoms with E-state index in [4.69, 9.17) is 9.47 Å². The van der Waals surface area contributed by atoms with Crippen molar-refractivity contribution >= 4 is 11.9 Å². The van der Waals surface area contributed by atoms with Gasteiger partial charge in [0.1, 0.15) is 11.7 Å². The highest BCUT2D eigenvalue weighted by atomic mass is 16.6. The Hall–Kier alpha value is -1.06. The third-order valence-corrected chi connectivity index (χ3v) is 6.02. The number of rotatable bonds is 4. The first-order valence-electron chi connectivity index (χ1n) is 9.16. The standard InChI is InChI=1S/C19H32O4/c1-6-18(3,4)17(21)22-15-12-19(5,7-2)23-16(20)14-11-9-8-10-13(14)15/h13-15H,6-12H2,1-5H3. The van der Waals surface area contributed by atoms with Crippen molar-refractivity contribution in [1.29, 1.82) is 0 Å². The van der Waals surface area contributed by atoms with Gasteiger partial charge in [-0.1, -0.05) is 26.7 Å². The molecule has 132 valence electrons. The number of carbonyl (C=O) groups is 2. The second-order valence-corrected chi connectivity index (χ2v) is 8.16. The van der Waals surface area contributed by atoms with Gasteiger partial charge in [-0.2, -0.15) is 0 Å². The summed E-state index contributed by atoms with van der Waals surface area (Å²) >= 11 is 0. The molecule has 23 heavy (non-hydrogen) atoms. The van der Waals surface area contributed by atoms with Crippen molar-refractivity contribution in [1.82, 2.24) is 0 Å². The Bertz CT molecular complexity index is 456. The highest BCUT2D eigenvalue weighted by Gasteiger charge is 2.48. The Morgan fingerprint density at radius 1 is 1.30 bits per heavy atom. The topological polar surface area (TPSA) is 52.6 Å². The predicted octanol–water partition coefficient (Wildman–Crippen LogP) is 4.26. The molecule has 2 aliphatic rings. The number of cyclic esters (lactones) is 1. The molecule has 4 nitrogen and oxygen atoms in total. The lowest BCUT2D eigenvalue weighted by Gasteiger charge is -2.35. The molecule has 0 N–H and O–H groups in total. The van der Waals surface area contributed by atoms with E-state index in [9.17, 15) is 9.59 Å². The minimum Gasteiger partial charge on any atom is -0.461 e. The Kier molecular flexibility index (Phi) is 5.42. The van der Waals surface area contributed by atoms with Crippen molar-refractivity contribution in [2.24, 2.45) is 17.3 Å². The van der Waals surface area contributed by atoms with Crippen LogP contribution in [0.5, 0.6) is 0 Å². The number of hydrogen-bond acceptors (Lipinski definition) is 4. The van der Waals surface area contributed by atoms with Crippen LogP contribution >= 0.6 is 0 Å². The molecule has 1 saturated carbocycles. The number of fused-ring (bicyclic) bond motifs is 1. The summed E-state index contributed by atoms with van der Waals surface area (Å²) < 4.78 is 11.8. The quantitative estimate of drug-likeness (QED) is 0.725. The highest BCUT2D eigenvalue weighted by Crippen LogP contribution is 2.43. The average Bonchev–Trinajstić information content (AvgIpc) is 2.63. The van der Waals surface area contributed by atoms with E-state index in [2.05, 4.69) is 0 Å². The van der Waals surface area contributed by atoms with Crippen LogP contribution in [-0.2, 0) is 19.1 Å². The van der Waals surface area contributed by atoms with Gasteiger partial charge in [0.15, 0.2) is 0 Å². The largest absolute Gasteiger partial charge is 0.461 e. The second kappa shape index (κ2) is 6.82. The van der Waals surface area contributed by atoms with Gasteiger partial charge in [-0.15, -0.1) is 0 Å². The molecule has 0 bridgehead atoms. The van der Waals surface area contributed by atoms with Crippen molar-refractivity contribution < 1.29 is 19.1 Å². The highest BCUT2D eigenvalue weighted by molar-refractivity contribution is 5.77. The number of carbonyl (C=O) groups excluding carboxylic acids is 2. The van der Waals surface area contributed by atoms with Crippen LogP contribution in [0.25, 0.3) is 0 Å². The molecule has 1 heterocycles. The van der Waals surface area contributed by atoms with E-state index in [-0.39, 0.29) is 29.9 Å². The summed E-state index contributed by atoms with van der Waals surface area (Å²) in [6.45, 7) is 9.84. The predicted molar refractivity (Wildman–Crippen MR) is 88.8 cm³/mol. The maximum Gasteiger partial charge on any atom is 0.311 e. The zero-order valence-corrected chi connectivity index (χ0v) is 15.3. The van der Waals surface area contributed by atoms with Crippen LogP contribution < -0.4 is 0 Å². The first kappa shape index (κ1) is 18.3. The first-order valence-corrected chi connectivity index (χ1v) is 9.16. The Labute approximate surface area is 140 Å². The van der Waals surface area contributed by atoms with Crippen molar-refractivity contribution in [3.05, 3.63) is 0 Å². The van der Waals surface area contributed by atoms with Gasteiger partial charge in [0.25, 0.3) is 0 Å². The maximum atomic E-state index is 12.6. The van der Waals surface area contributed by atoms with Gasteiger partial charge in [-0.3, -0.25) is 9.59 Å². The Morgan fingerprint density at radius 3 is 2.57 bits per heavy atom. The second-order valence-electron chi connectivity index (χ2n) is 8.16. The minimum atomic E-state index is -0.532. The van der Waals surface area contributed by atoms with Gasteiger partial charge in [-0.05, 0) is 46.5 Å². The molecule has 2 rings (SSSR count). The van der Waals surface area contributed by atoms with E-state index in [1.807, 2.05) is 34.6 Å². The summed E-state index contributed by atoms with van der Waals surface area (Å²) in [5.74, 6) is -0.240. The molecule has 0 aromatic heterocycles. The van der Waals surface area contributed by atoms with Gasteiger partial charge in [-0.25, -0.2) is 0 Å². The summed E-state index contributed by atoms with van der Waals surface area (Å²) in [6.07, 6.45) is 5.84. The van der Waals surface area contributed by atoms with E-state index in [0.717, 1.165) is 38.5 Å². The molecule has 0 amide bonds. The van der Waals surface area contributed by atoms with E-state index >= 15 is 0 Å². The Balaban J connectivity index is 2.25. The molecular formula is C19H32O4. The first-order chi connectivity index (χ1) is 10.7. The van der Waals surface area contributed by atoms with Gasteiger partial charge in [0.2, 0.25) is 0 Å². The summed E-state index contributed by atoms with van der Waals surface area (Å²) in [4.78, 5) is 25.1. The normalized spacial score (nSPS) is 35.0. The van der Waals surface area contributed by atoms with Crippen LogP contribution in [0.3, 0.4) is 0 Å². The molecule has 4 atom stereocenters. The summed E-state index contributed by atoms with van der Waals surface area (Å²) in [6, 6.07) is 0. The van der Waals surface area contributed by atoms with E-state index in [1.54, 1.807) is 0 Å².